The Morgan fingerprint density at radius 3 is 2.52 bits per heavy atom. The maximum Gasteiger partial charge on any atom is 0.125 e. The number of aliphatic hydroxyl groups is 3. The number of benzene rings is 1. The molecule has 1 aliphatic heterocycles. The van der Waals surface area contributed by atoms with E-state index in [2.05, 4.69) is 0 Å². The van der Waals surface area contributed by atoms with E-state index < -0.39 is 29.5 Å². The van der Waals surface area contributed by atoms with E-state index in [4.69, 9.17) is 4.74 Å². The van der Waals surface area contributed by atoms with Gasteiger partial charge in [-0.25, -0.2) is 4.39 Å². The molecule has 116 valence electrons. The van der Waals surface area contributed by atoms with E-state index in [1.807, 2.05) is 13.8 Å². The highest BCUT2D eigenvalue weighted by molar-refractivity contribution is 5.37. The van der Waals surface area contributed by atoms with Crippen molar-refractivity contribution in [3.63, 3.8) is 0 Å². The van der Waals surface area contributed by atoms with Crippen LogP contribution in [0.25, 0.3) is 0 Å². The normalized spacial score (nSPS) is 37.9. The minimum Gasteiger partial charge on any atom is -0.490 e. The van der Waals surface area contributed by atoms with Crippen LogP contribution < -0.4 is 4.74 Å². The predicted octanol–water partition coefficient (Wildman–Crippen LogP) is 1.78. The lowest BCUT2D eigenvalue weighted by molar-refractivity contribution is -0.0396. The van der Waals surface area contributed by atoms with Gasteiger partial charge in [-0.05, 0) is 24.6 Å². The Hall–Kier alpha value is -1.17. The molecule has 0 aromatic heterocycles. The van der Waals surface area contributed by atoms with Gasteiger partial charge in [-0.3, -0.25) is 0 Å². The fourth-order valence-electron chi connectivity index (χ4n) is 3.50. The number of rotatable bonds is 1. The third-order valence-corrected chi connectivity index (χ3v) is 5.06. The summed E-state index contributed by atoms with van der Waals surface area (Å²) in [6.45, 7) is 3.65. The molecule has 0 saturated heterocycles. The summed E-state index contributed by atoms with van der Waals surface area (Å²) in [6.07, 6.45) is -1.78. The number of hydrogen-bond donors (Lipinski definition) is 3. The second kappa shape index (κ2) is 4.93. The van der Waals surface area contributed by atoms with Gasteiger partial charge in [-0.2, -0.15) is 0 Å². The van der Waals surface area contributed by atoms with Crippen molar-refractivity contribution in [3.05, 3.63) is 29.6 Å². The smallest absolute Gasteiger partial charge is 0.125 e. The van der Waals surface area contributed by atoms with Crippen LogP contribution in [0.15, 0.2) is 18.2 Å². The Balaban J connectivity index is 1.85. The van der Waals surface area contributed by atoms with Gasteiger partial charge in [0.25, 0.3) is 0 Å². The van der Waals surface area contributed by atoms with Crippen molar-refractivity contribution in [3.8, 4) is 5.75 Å². The molecule has 3 N–H and O–H groups in total. The summed E-state index contributed by atoms with van der Waals surface area (Å²) in [7, 11) is 0. The predicted molar refractivity (Wildman–Crippen MR) is 74.3 cm³/mol. The van der Waals surface area contributed by atoms with Crippen LogP contribution in [0.5, 0.6) is 5.75 Å². The fraction of sp³-hybridized carbons (Fsp3) is 0.625. The van der Waals surface area contributed by atoms with Gasteiger partial charge in [0.15, 0.2) is 0 Å². The molecule has 3 rings (SSSR count). The van der Waals surface area contributed by atoms with Crippen molar-refractivity contribution in [2.75, 3.05) is 0 Å². The molecule has 4 nitrogen and oxygen atoms in total. The lowest BCUT2D eigenvalue weighted by Crippen LogP contribution is -2.41. The van der Waals surface area contributed by atoms with E-state index in [0.29, 0.717) is 24.2 Å². The van der Waals surface area contributed by atoms with E-state index >= 15 is 0 Å². The van der Waals surface area contributed by atoms with Crippen LogP contribution in [0.3, 0.4) is 0 Å². The van der Waals surface area contributed by atoms with Gasteiger partial charge < -0.3 is 20.1 Å². The Labute approximate surface area is 123 Å². The first-order chi connectivity index (χ1) is 9.80. The summed E-state index contributed by atoms with van der Waals surface area (Å²) in [5.41, 5.74) is -0.152. The van der Waals surface area contributed by atoms with Crippen LogP contribution in [-0.2, 0) is 0 Å². The minimum absolute atomic E-state index is 0.247. The number of ether oxygens (including phenoxy) is 1. The summed E-state index contributed by atoms with van der Waals surface area (Å²) in [4.78, 5) is 0. The van der Waals surface area contributed by atoms with E-state index in [1.165, 1.54) is 18.2 Å². The van der Waals surface area contributed by atoms with Crippen LogP contribution in [0.1, 0.15) is 38.4 Å². The summed E-state index contributed by atoms with van der Waals surface area (Å²) >= 11 is 0. The second-order valence-corrected chi connectivity index (χ2v) is 6.77. The van der Waals surface area contributed by atoms with Crippen LogP contribution in [0, 0.1) is 17.2 Å². The fourth-order valence-corrected chi connectivity index (χ4v) is 3.50. The van der Waals surface area contributed by atoms with Crippen molar-refractivity contribution >= 4 is 0 Å². The van der Waals surface area contributed by atoms with E-state index in [1.54, 1.807) is 0 Å². The maximum atomic E-state index is 13.2. The molecular formula is C16H21FO4. The quantitative estimate of drug-likeness (QED) is 0.739. The van der Waals surface area contributed by atoms with E-state index in [0.717, 1.165) is 0 Å². The van der Waals surface area contributed by atoms with Crippen LogP contribution >= 0.6 is 0 Å². The third-order valence-electron chi connectivity index (χ3n) is 5.06. The average molecular weight is 296 g/mol. The van der Waals surface area contributed by atoms with E-state index in [9.17, 15) is 19.7 Å². The molecule has 1 aliphatic carbocycles. The molecule has 1 aromatic rings. The van der Waals surface area contributed by atoms with Crippen LogP contribution in [-0.4, -0.2) is 33.6 Å². The van der Waals surface area contributed by atoms with Crippen molar-refractivity contribution in [2.24, 2.45) is 11.3 Å². The van der Waals surface area contributed by atoms with Gasteiger partial charge in [0.05, 0.1) is 18.3 Å². The molecule has 21 heavy (non-hydrogen) atoms. The number of fused-ring (bicyclic) bond motifs is 1. The zero-order valence-electron chi connectivity index (χ0n) is 12.2. The van der Waals surface area contributed by atoms with Gasteiger partial charge in [0, 0.05) is 23.3 Å². The largest absolute Gasteiger partial charge is 0.490 e. The maximum absolute atomic E-state index is 13.2. The zero-order valence-corrected chi connectivity index (χ0v) is 12.2. The number of aliphatic hydroxyl groups excluding tert-OH is 3. The zero-order chi connectivity index (χ0) is 15.4. The first-order valence-electron chi connectivity index (χ1n) is 7.31. The molecule has 0 unspecified atom stereocenters. The summed E-state index contributed by atoms with van der Waals surface area (Å²) in [5, 5.41) is 30.7. The molecular weight excluding hydrogens is 275 g/mol. The van der Waals surface area contributed by atoms with Crippen LogP contribution in [0.4, 0.5) is 4.39 Å². The van der Waals surface area contributed by atoms with Crippen LogP contribution in [0.2, 0.25) is 0 Å². The molecule has 5 heteroatoms. The van der Waals surface area contributed by atoms with Gasteiger partial charge in [-0.1, -0.05) is 13.8 Å². The third kappa shape index (κ3) is 2.33. The minimum atomic E-state index is -0.817. The number of hydrogen-bond acceptors (Lipinski definition) is 4. The van der Waals surface area contributed by atoms with Gasteiger partial charge in [0.2, 0.25) is 0 Å². The first kappa shape index (κ1) is 14.8. The van der Waals surface area contributed by atoms with Crippen molar-refractivity contribution in [2.45, 2.75) is 51.1 Å². The summed E-state index contributed by atoms with van der Waals surface area (Å²) in [5.74, 6) is -0.207. The summed E-state index contributed by atoms with van der Waals surface area (Å²) < 4.78 is 19.1. The molecule has 1 saturated carbocycles. The monoisotopic (exact) mass is 296 g/mol. The van der Waals surface area contributed by atoms with E-state index in [-0.39, 0.29) is 12.0 Å². The molecule has 2 aliphatic rings. The molecule has 0 amide bonds. The lowest BCUT2D eigenvalue weighted by atomic mass is 9.83. The first-order valence-corrected chi connectivity index (χ1v) is 7.31. The Morgan fingerprint density at radius 1 is 1.19 bits per heavy atom. The highest BCUT2D eigenvalue weighted by atomic mass is 19.1. The molecule has 0 radical (unpaired) electrons. The number of halogens is 1. The summed E-state index contributed by atoms with van der Waals surface area (Å²) in [6, 6.07) is 4.07. The Bertz CT molecular complexity index is 545. The van der Waals surface area contributed by atoms with Gasteiger partial charge >= 0.3 is 0 Å². The topological polar surface area (TPSA) is 69.9 Å². The second-order valence-electron chi connectivity index (χ2n) is 6.77. The molecule has 1 heterocycles. The van der Waals surface area contributed by atoms with Gasteiger partial charge in [-0.15, -0.1) is 0 Å². The molecule has 5 atom stereocenters. The lowest BCUT2D eigenvalue weighted by Gasteiger charge is -2.36. The highest BCUT2D eigenvalue weighted by Gasteiger charge is 2.52. The molecule has 0 spiro atoms. The highest BCUT2D eigenvalue weighted by Crippen LogP contribution is 2.47. The Morgan fingerprint density at radius 2 is 1.90 bits per heavy atom. The standard InChI is InChI=1S/C16H21FO4/c1-16(2)14(19)6-10(15(16)20)13-7-11(18)9-5-8(17)3-4-12(9)21-13/h3-5,10-11,13-15,18-20H,6-7H2,1-2H3/t10-,11-,13-,14+,15+/m0/s1. The van der Waals surface area contributed by atoms with Crippen molar-refractivity contribution in [1.29, 1.82) is 0 Å². The Kier molecular flexibility index (Phi) is 3.47. The van der Waals surface area contributed by atoms with Gasteiger partial charge in [0.1, 0.15) is 17.7 Å². The molecule has 1 aromatic carbocycles. The average Bonchev–Trinajstić information content (AvgIpc) is 2.63. The SMILES string of the molecule is CC1(C)[C@H](O)C[C@@H]([C@@H]2C[C@H](O)c3cc(F)ccc3O2)[C@H]1O. The molecule has 0 bridgehead atoms. The van der Waals surface area contributed by atoms with Crippen molar-refractivity contribution < 1.29 is 24.4 Å². The molecule has 1 fully saturated rings. The van der Waals surface area contributed by atoms with Crippen molar-refractivity contribution in [1.82, 2.24) is 0 Å².